The Bertz CT molecular complexity index is 623. The maximum Gasteiger partial charge on any atom is 0.243 e. The minimum absolute atomic E-state index is 0.00705. The number of nitrogens with zero attached hydrogens (tertiary/aromatic N) is 2. The van der Waals surface area contributed by atoms with Crippen LogP contribution in [0.25, 0.3) is 11.4 Å². The van der Waals surface area contributed by atoms with Gasteiger partial charge in [0.15, 0.2) is 0 Å². The van der Waals surface area contributed by atoms with E-state index in [0.29, 0.717) is 11.7 Å². The summed E-state index contributed by atoms with van der Waals surface area (Å²) in [5.41, 5.74) is 0.877. The molecule has 1 N–H and O–H groups in total. The van der Waals surface area contributed by atoms with E-state index in [1.807, 2.05) is 31.2 Å². The quantitative estimate of drug-likeness (QED) is 0.883. The van der Waals surface area contributed by atoms with E-state index in [-0.39, 0.29) is 12.1 Å². The molecular weight excluding hydrogens is 294 g/mol. The lowest BCUT2D eigenvalue weighted by molar-refractivity contribution is 0.0151. The highest BCUT2D eigenvalue weighted by atomic mass is 16.5. The summed E-state index contributed by atoms with van der Waals surface area (Å²) in [6.45, 7) is 3.69. The lowest BCUT2D eigenvalue weighted by Crippen LogP contribution is -2.33. The molecule has 3 rings (SSSR count). The van der Waals surface area contributed by atoms with Crippen LogP contribution in [0.4, 0.5) is 0 Å². The van der Waals surface area contributed by atoms with E-state index in [9.17, 15) is 0 Å². The third kappa shape index (κ3) is 4.09. The largest absolute Gasteiger partial charge is 0.497 e. The van der Waals surface area contributed by atoms with Crippen molar-refractivity contribution in [1.82, 2.24) is 15.5 Å². The van der Waals surface area contributed by atoms with Crippen LogP contribution in [0.15, 0.2) is 28.8 Å². The number of methoxy groups -OCH3 is 1. The van der Waals surface area contributed by atoms with Crippen LogP contribution >= 0.6 is 0 Å². The molecule has 0 unspecified atom stereocenters. The molecule has 0 amide bonds. The molecule has 1 aromatic heterocycles. The van der Waals surface area contributed by atoms with Crippen molar-refractivity contribution in [3.63, 3.8) is 0 Å². The molecule has 2 heterocycles. The van der Waals surface area contributed by atoms with E-state index in [1.54, 1.807) is 7.11 Å². The third-order valence-electron chi connectivity index (χ3n) is 4.07. The van der Waals surface area contributed by atoms with E-state index in [2.05, 4.69) is 15.5 Å². The summed E-state index contributed by atoms with van der Waals surface area (Å²) in [6.07, 6.45) is 3.80. The van der Waals surface area contributed by atoms with Gasteiger partial charge in [-0.2, -0.15) is 4.98 Å². The molecule has 1 saturated heterocycles. The molecule has 0 aliphatic carbocycles. The van der Waals surface area contributed by atoms with Crippen LogP contribution in [0.1, 0.15) is 38.1 Å². The summed E-state index contributed by atoms with van der Waals surface area (Å²) < 4.78 is 16.3. The fourth-order valence-corrected chi connectivity index (χ4v) is 2.65. The van der Waals surface area contributed by atoms with Crippen molar-refractivity contribution in [1.29, 1.82) is 0 Å². The molecule has 0 radical (unpaired) electrons. The first-order valence-corrected chi connectivity index (χ1v) is 8.09. The van der Waals surface area contributed by atoms with Gasteiger partial charge in [-0.15, -0.1) is 0 Å². The van der Waals surface area contributed by atoms with Gasteiger partial charge in [0.25, 0.3) is 0 Å². The topological polar surface area (TPSA) is 69.4 Å². The molecular formula is C17H23N3O3. The number of ether oxygens (including phenoxy) is 2. The van der Waals surface area contributed by atoms with Gasteiger partial charge in [-0.25, -0.2) is 0 Å². The highest BCUT2D eigenvalue weighted by Crippen LogP contribution is 2.23. The van der Waals surface area contributed by atoms with Crippen LogP contribution in [-0.2, 0) is 4.74 Å². The monoisotopic (exact) mass is 317 g/mol. The summed E-state index contributed by atoms with van der Waals surface area (Å²) in [5, 5.41) is 7.47. The summed E-state index contributed by atoms with van der Waals surface area (Å²) in [4.78, 5) is 4.48. The normalized spacial score (nSPS) is 19.5. The van der Waals surface area contributed by atoms with Gasteiger partial charge in [0, 0.05) is 18.7 Å². The predicted molar refractivity (Wildman–Crippen MR) is 86.3 cm³/mol. The fourth-order valence-electron chi connectivity index (χ4n) is 2.65. The van der Waals surface area contributed by atoms with Gasteiger partial charge in [0.2, 0.25) is 11.7 Å². The molecule has 23 heavy (non-hydrogen) atoms. The van der Waals surface area contributed by atoms with Crippen molar-refractivity contribution in [2.45, 2.75) is 38.3 Å². The number of hydrogen-bond donors (Lipinski definition) is 1. The lowest BCUT2D eigenvalue weighted by Gasteiger charge is -2.23. The summed E-state index contributed by atoms with van der Waals surface area (Å²) in [5.74, 6) is 1.93. The molecule has 1 aliphatic rings. The van der Waals surface area contributed by atoms with Crippen LogP contribution < -0.4 is 10.1 Å². The molecule has 6 heteroatoms. The molecule has 2 atom stereocenters. The van der Waals surface area contributed by atoms with Gasteiger partial charge >= 0.3 is 0 Å². The second-order valence-corrected chi connectivity index (χ2v) is 5.81. The Morgan fingerprint density at radius 2 is 2.30 bits per heavy atom. The van der Waals surface area contributed by atoms with Gasteiger partial charge in [0.05, 0.1) is 19.3 Å². The number of hydrogen-bond acceptors (Lipinski definition) is 6. The fraction of sp³-hybridized carbons (Fsp3) is 0.529. The Balaban J connectivity index is 1.61. The number of aromatic nitrogens is 2. The van der Waals surface area contributed by atoms with Gasteiger partial charge in [0.1, 0.15) is 5.75 Å². The van der Waals surface area contributed by atoms with Crippen LogP contribution in [0.2, 0.25) is 0 Å². The average Bonchev–Trinajstić information content (AvgIpc) is 3.11. The number of nitrogens with one attached hydrogen (secondary N) is 1. The standard InChI is InChI=1S/C17H23N3O3/c1-12(18-11-15-7-3-4-9-22-15)17-19-16(20-23-17)13-6-5-8-14(10-13)21-2/h5-6,8,10,12,15,18H,3-4,7,9,11H2,1-2H3/t12-,15+/m1/s1. The summed E-state index contributed by atoms with van der Waals surface area (Å²) >= 11 is 0. The van der Waals surface area contributed by atoms with Crippen LogP contribution in [-0.4, -0.2) is 36.5 Å². The van der Waals surface area contributed by atoms with Crippen LogP contribution in [0.3, 0.4) is 0 Å². The molecule has 2 aromatic rings. The molecule has 6 nitrogen and oxygen atoms in total. The smallest absolute Gasteiger partial charge is 0.243 e. The van der Waals surface area contributed by atoms with E-state index in [4.69, 9.17) is 14.0 Å². The van der Waals surface area contributed by atoms with Gasteiger partial charge in [-0.1, -0.05) is 17.3 Å². The van der Waals surface area contributed by atoms with E-state index in [1.165, 1.54) is 12.8 Å². The molecule has 0 spiro atoms. The van der Waals surface area contributed by atoms with Gasteiger partial charge in [-0.3, -0.25) is 0 Å². The molecule has 124 valence electrons. The Labute approximate surface area is 136 Å². The van der Waals surface area contributed by atoms with E-state index < -0.39 is 0 Å². The lowest BCUT2D eigenvalue weighted by atomic mass is 10.1. The van der Waals surface area contributed by atoms with Crippen LogP contribution in [0.5, 0.6) is 5.75 Å². The second kappa shape index (κ2) is 7.57. The molecule has 1 fully saturated rings. The van der Waals surface area contributed by atoms with Crippen molar-refractivity contribution < 1.29 is 14.0 Å². The molecule has 1 aliphatic heterocycles. The van der Waals surface area contributed by atoms with Crippen molar-refractivity contribution in [3.8, 4) is 17.1 Å². The first kappa shape index (κ1) is 16.0. The Morgan fingerprint density at radius 3 is 3.09 bits per heavy atom. The molecule has 0 saturated carbocycles. The first-order valence-electron chi connectivity index (χ1n) is 8.09. The Kier molecular flexibility index (Phi) is 5.25. The van der Waals surface area contributed by atoms with Gasteiger partial charge in [-0.05, 0) is 38.3 Å². The predicted octanol–water partition coefficient (Wildman–Crippen LogP) is 2.96. The number of benzene rings is 1. The highest BCUT2D eigenvalue weighted by Gasteiger charge is 2.18. The van der Waals surface area contributed by atoms with E-state index in [0.717, 1.165) is 30.9 Å². The van der Waals surface area contributed by atoms with Gasteiger partial charge < -0.3 is 19.3 Å². The van der Waals surface area contributed by atoms with Crippen molar-refractivity contribution in [2.24, 2.45) is 0 Å². The average molecular weight is 317 g/mol. The van der Waals surface area contributed by atoms with Crippen molar-refractivity contribution >= 4 is 0 Å². The zero-order valence-electron chi connectivity index (χ0n) is 13.6. The third-order valence-corrected chi connectivity index (χ3v) is 4.07. The number of rotatable bonds is 6. The second-order valence-electron chi connectivity index (χ2n) is 5.81. The van der Waals surface area contributed by atoms with Crippen molar-refractivity contribution in [2.75, 3.05) is 20.3 Å². The Morgan fingerprint density at radius 1 is 1.39 bits per heavy atom. The maximum atomic E-state index is 5.72. The zero-order valence-corrected chi connectivity index (χ0v) is 13.6. The van der Waals surface area contributed by atoms with Crippen molar-refractivity contribution in [3.05, 3.63) is 30.2 Å². The maximum absolute atomic E-state index is 5.72. The first-order chi connectivity index (χ1) is 11.3. The Hall–Kier alpha value is -1.92. The highest BCUT2D eigenvalue weighted by molar-refractivity contribution is 5.56. The molecule has 1 aromatic carbocycles. The van der Waals surface area contributed by atoms with Crippen LogP contribution in [0, 0.1) is 0 Å². The van der Waals surface area contributed by atoms with E-state index >= 15 is 0 Å². The minimum Gasteiger partial charge on any atom is -0.497 e. The summed E-state index contributed by atoms with van der Waals surface area (Å²) in [6, 6.07) is 7.62. The zero-order chi connectivity index (χ0) is 16.1. The molecule has 0 bridgehead atoms. The SMILES string of the molecule is COc1cccc(-c2noc([C@@H](C)NC[C@@H]3CCCCO3)n2)c1. The minimum atomic E-state index is -0.00705. The summed E-state index contributed by atoms with van der Waals surface area (Å²) in [7, 11) is 1.64.